The van der Waals surface area contributed by atoms with Gasteiger partial charge in [-0.25, -0.2) is 4.39 Å². The SMILES string of the molecule is Cc1ccc(NC(=O)c2ccc(Cl)c(SCC(C)C)c2)cc1F. The number of aryl methyl sites for hydroxylation is 1. The fourth-order valence-electron chi connectivity index (χ4n) is 1.89. The van der Waals surface area contributed by atoms with E-state index in [0.29, 0.717) is 27.8 Å². The zero-order valence-electron chi connectivity index (χ0n) is 13.3. The van der Waals surface area contributed by atoms with Crippen LogP contribution in [0.25, 0.3) is 0 Å². The highest BCUT2D eigenvalue weighted by molar-refractivity contribution is 7.99. The lowest BCUT2D eigenvalue weighted by molar-refractivity contribution is 0.102. The van der Waals surface area contributed by atoms with Gasteiger partial charge in [-0.1, -0.05) is 31.5 Å². The summed E-state index contributed by atoms with van der Waals surface area (Å²) in [5, 5.41) is 3.34. The van der Waals surface area contributed by atoms with E-state index in [9.17, 15) is 9.18 Å². The van der Waals surface area contributed by atoms with Gasteiger partial charge in [0.25, 0.3) is 5.91 Å². The molecular formula is C18H19ClFNOS. The van der Waals surface area contributed by atoms with Gasteiger partial charge >= 0.3 is 0 Å². The van der Waals surface area contributed by atoms with Crippen molar-refractivity contribution in [1.29, 1.82) is 0 Å². The number of amides is 1. The molecule has 2 rings (SSSR count). The maximum Gasteiger partial charge on any atom is 0.255 e. The summed E-state index contributed by atoms with van der Waals surface area (Å²) in [7, 11) is 0. The highest BCUT2D eigenvalue weighted by Crippen LogP contribution is 2.29. The Kier molecular flexibility index (Phi) is 6.08. The van der Waals surface area contributed by atoms with Crippen molar-refractivity contribution >= 4 is 35.0 Å². The van der Waals surface area contributed by atoms with E-state index in [1.807, 2.05) is 0 Å². The molecule has 2 aromatic rings. The summed E-state index contributed by atoms with van der Waals surface area (Å²) in [6, 6.07) is 9.79. The second kappa shape index (κ2) is 7.84. The average Bonchev–Trinajstić information content (AvgIpc) is 2.50. The Balaban J connectivity index is 2.15. The first kappa shape index (κ1) is 17.8. The molecule has 1 amide bonds. The first-order chi connectivity index (χ1) is 10.9. The lowest BCUT2D eigenvalue weighted by Crippen LogP contribution is -2.12. The molecule has 0 saturated carbocycles. The number of anilines is 1. The van der Waals surface area contributed by atoms with Gasteiger partial charge in [0.2, 0.25) is 0 Å². The number of carbonyl (C=O) groups excluding carboxylic acids is 1. The van der Waals surface area contributed by atoms with E-state index in [1.165, 1.54) is 6.07 Å². The van der Waals surface area contributed by atoms with Gasteiger partial charge in [-0.3, -0.25) is 4.79 Å². The predicted octanol–water partition coefficient (Wildman–Crippen LogP) is 5.79. The van der Waals surface area contributed by atoms with Crippen LogP contribution in [0.5, 0.6) is 0 Å². The molecule has 0 aliphatic rings. The molecule has 2 aromatic carbocycles. The lowest BCUT2D eigenvalue weighted by Gasteiger charge is -2.10. The highest BCUT2D eigenvalue weighted by atomic mass is 35.5. The number of nitrogens with one attached hydrogen (secondary N) is 1. The van der Waals surface area contributed by atoms with Crippen molar-refractivity contribution in [2.24, 2.45) is 5.92 Å². The molecule has 122 valence electrons. The van der Waals surface area contributed by atoms with Crippen molar-refractivity contribution in [3.8, 4) is 0 Å². The van der Waals surface area contributed by atoms with Crippen molar-refractivity contribution in [3.05, 3.63) is 58.4 Å². The Bertz CT molecular complexity index is 718. The van der Waals surface area contributed by atoms with Crippen molar-refractivity contribution in [3.63, 3.8) is 0 Å². The van der Waals surface area contributed by atoms with Gasteiger partial charge in [-0.15, -0.1) is 11.8 Å². The summed E-state index contributed by atoms with van der Waals surface area (Å²) in [5.41, 5.74) is 1.48. The predicted molar refractivity (Wildman–Crippen MR) is 96.1 cm³/mol. The molecule has 0 aromatic heterocycles. The number of halogens is 2. The van der Waals surface area contributed by atoms with Crippen molar-refractivity contribution < 1.29 is 9.18 Å². The van der Waals surface area contributed by atoms with Crippen LogP contribution in [0.15, 0.2) is 41.3 Å². The Labute approximate surface area is 145 Å². The molecule has 0 aliphatic heterocycles. The van der Waals surface area contributed by atoms with Gasteiger partial charge in [0, 0.05) is 21.9 Å². The van der Waals surface area contributed by atoms with Crippen LogP contribution in [0.2, 0.25) is 5.02 Å². The molecule has 0 aliphatic carbocycles. The molecule has 1 N–H and O–H groups in total. The summed E-state index contributed by atoms with van der Waals surface area (Å²) >= 11 is 7.81. The van der Waals surface area contributed by atoms with Crippen LogP contribution in [0.4, 0.5) is 10.1 Å². The molecule has 0 heterocycles. The molecule has 5 heteroatoms. The summed E-state index contributed by atoms with van der Waals surface area (Å²) in [4.78, 5) is 13.2. The molecule has 0 radical (unpaired) electrons. The third-order valence-corrected chi connectivity index (χ3v) is 5.12. The fraction of sp³-hybridized carbons (Fsp3) is 0.278. The van der Waals surface area contributed by atoms with Crippen LogP contribution in [0.1, 0.15) is 29.8 Å². The Morgan fingerprint density at radius 1 is 1.26 bits per heavy atom. The monoisotopic (exact) mass is 351 g/mol. The van der Waals surface area contributed by atoms with Gasteiger partial charge in [-0.05, 0) is 48.7 Å². The van der Waals surface area contributed by atoms with Crippen molar-refractivity contribution in [2.45, 2.75) is 25.7 Å². The smallest absolute Gasteiger partial charge is 0.255 e. The second-order valence-corrected chi connectivity index (χ2v) is 7.24. The van der Waals surface area contributed by atoms with Crippen LogP contribution in [0, 0.1) is 18.7 Å². The molecule has 0 bridgehead atoms. The molecule has 0 saturated heterocycles. The van der Waals surface area contributed by atoms with Crippen molar-refractivity contribution in [1.82, 2.24) is 0 Å². The molecule has 0 atom stereocenters. The van der Waals surface area contributed by atoms with E-state index >= 15 is 0 Å². The minimum Gasteiger partial charge on any atom is -0.322 e. The van der Waals surface area contributed by atoms with Gasteiger partial charge in [0.1, 0.15) is 5.82 Å². The van der Waals surface area contributed by atoms with E-state index in [-0.39, 0.29) is 11.7 Å². The largest absolute Gasteiger partial charge is 0.322 e. The first-order valence-corrected chi connectivity index (χ1v) is 8.73. The van der Waals surface area contributed by atoms with Crippen LogP contribution in [-0.2, 0) is 0 Å². The number of carbonyl (C=O) groups is 1. The second-order valence-electron chi connectivity index (χ2n) is 5.77. The Morgan fingerprint density at radius 2 is 2.00 bits per heavy atom. The van der Waals surface area contributed by atoms with Crippen LogP contribution in [0.3, 0.4) is 0 Å². The number of benzene rings is 2. The molecular weight excluding hydrogens is 333 g/mol. The van der Waals surface area contributed by atoms with Gasteiger partial charge in [0.15, 0.2) is 0 Å². The number of hydrogen-bond acceptors (Lipinski definition) is 2. The summed E-state index contributed by atoms with van der Waals surface area (Å²) in [6.45, 7) is 5.94. The normalized spacial score (nSPS) is 10.9. The Morgan fingerprint density at radius 3 is 2.65 bits per heavy atom. The Hall–Kier alpha value is -1.52. The third-order valence-electron chi connectivity index (χ3n) is 3.20. The van der Waals surface area contributed by atoms with E-state index in [1.54, 1.807) is 49.0 Å². The molecule has 0 unspecified atom stereocenters. The average molecular weight is 352 g/mol. The quantitative estimate of drug-likeness (QED) is 0.691. The van der Waals surface area contributed by atoms with Gasteiger partial charge in [0.05, 0.1) is 5.02 Å². The van der Waals surface area contributed by atoms with Gasteiger partial charge < -0.3 is 5.32 Å². The van der Waals surface area contributed by atoms with Crippen molar-refractivity contribution in [2.75, 3.05) is 11.1 Å². The minimum absolute atomic E-state index is 0.281. The van der Waals surface area contributed by atoms with Gasteiger partial charge in [-0.2, -0.15) is 0 Å². The van der Waals surface area contributed by atoms with Crippen LogP contribution < -0.4 is 5.32 Å². The standard InChI is InChI=1S/C18H19ClFNOS/c1-11(2)10-23-17-8-13(5-7-15(17)19)18(22)21-14-6-4-12(3)16(20)9-14/h4-9,11H,10H2,1-3H3,(H,21,22). The highest BCUT2D eigenvalue weighted by Gasteiger charge is 2.11. The van der Waals surface area contributed by atoms with Crippen LogP contribution in [-0.4, -0.2) is 11.7 Å². The molecule has 0 spiro atoms. The maximum absolute atomic E-state index is 13.6. The molecule has 0 fully saturated rings. The van der Waals surface area contributed by atoms with E-state index < -0.39 is 0 Å². The van der Waals surface area contributed by atoms with E-state index in [0.717, 1.165) is 10.6 Å². The topological polar surface area (TPSA) is 29.1 Å². The lowest BCUT2D eigenvalue weighted by atomic mass is 10.2. The van der Waals surface area contributed by atoms with E-state index in [2.05, 4.69) is 19.2 Å². The zero-order chi connectivity index (χ0) is 17.0. The zero-order valence-corrected chi connectivity index (χ0v) is 14.9. The summed E-state index contributed by atoms with van der Waals surface area (Å²) in [5.74, 6) is 0.834. The van der Waals surface area contributed by atoms with E-state index in [4.69, 9.17) is 11.6 Å². The minimum atomic E-state index is -0.341. The maximum atomic E-state index is 13.6. The fourth-order valence-corrected chi connectivity index (χ4v) is 3.10. The number of hydrogen-bond donors (Lipinski definition) is 1. The summed E-state index contributed by atoms with van der Waals surface area (Å²) in [6.07, 6.45) is 0. The number of rotatable bonds is 5. The summed E-state index contributed by atoms with van der Waals surface area (Å²) < 4.78 is 13.6. The molecule has 23 heavy (non-hydrogen) atoms. The first-order valence-electron chi connectivity index (χ1n) is 7.36. The van der Waals surface area contributed by atoms with Crippen LogP contribution >= 0.6 is 23.4 Å². The molecule has 2 nitrogen and oxygen atoms in total. The number of thioether (sulfide) groups is 1. The third kappa shape index (κ3) is 4.98.